The first-order valence-electron chi connectivity index (χ1n) is 6.52. The number of rotatable bonds is 3. The molecule has 1 aromatic heterocycles. The lowest BCUT2D eigenvalue weighted by Gasteiger charge is -2.19. The zero-order valence-electron chi connectivity index (χ0n) is 10.2. The molecule has 1 heterocycles. The maximum absolute atomic E-state index is 5.63. The van der Waals surface area contributed by atoms with E-state index in [2.05, 4.69) is 16.5 Å². The van der Waals surface area contributed by atoms with E-state index in [9.17, 15) is 0 Å². The summed E-state index contributed by atoms with van der Waals surface area (Å²) in [4.78, 5) is 4.27. The Morgan fingerprint density at radius 1 is 1.38 bits per heavy atom. The summed E-state index contributed by atoms with van der Waals surface area (Å²) in [5, 5.41) is 0. The third-order valence-corrected chi connectivity index (χ3v) is 3.77. The predicted octanol–water partition coefficient (Wildman–Crippen LogP) is 2.53. The van der Waals surface area contributed by atoms with Gasteiger partial charge in [-0.1, -0.05) is 19.8 Å². The lowest BCUT2D eigenvalue weighted by atomic mass is 10.0. The summed E-state index contributed by atoms with van der Waals surface area (Å²) in [5.41, 5.74) is 6.94. The molecule has 0 bridgehead atoms. The van der Waals surface area contributed by atoms with Crippen LogP contribution in [-0.2, 0) is 6.42 Å². The molecule has 1 fully saturated rings. The fourth-order valence-electron chi connectivity index (χ4n) is 2.75. The molecule has 1 aliphatic rings. The van der Waals surface area contributed by atoms with Crippen LogP contribution in [0.2, 0.25) is 0 Å². The van der Waals surface area contributed by atoms with Crippen LogP contribution in [0.15, 0.2) is 12.5 Å². The third kappa shape index (κ3) is 2.64. The Hall–Kier alpha value is -0.830. The largest absolute Gasteiger partial charge is 0.332 e. The van der Waals surface area contributed by atoms with Gasteiger partial charge < -0.3 is 10.3 Å². The van der Waals surface area contributed by atoms with Gasteiger partial charge in [0.1, 0.15) is 0 Å². The van der Waals surface area contributed by atoms with Crippen molar-refractivity contribution in [2.24, 2.45) is 11.7 Å². The second kappa shape index (κ2) is 5.48. The van der Waals surface area contributed by atoms with Crippen molar-refractivity contribution in [3.8, 4) is 0 Å². The molecule has 0 aromatic carbocycles. The summed E-state index contributed by atoms with van der Waals surface area (Å²) in [7, 11) is 0. The average molecular weight is 221 g/mol. The van der Waals surface area contributed by atoms with Crippen LogP contribution in [0.25, 0.3) is 0 Å². The Balaban J connectivity index is 2.07. The van der Waals surface area contributed by atoms with Crippen LogP contribution in [-0.4, -0.2) is 16.1 Å². The monoisotopic (exact) mass is 221 g/mol. The molecule has 0 amide bonds. The maximum Gasteiger partial charge on any atom is 0.0950 e. The van der Waals surface area contributed by atoms with Crippen LogP contribution < -0.4 is 5.73 Å². The van der Waals surface area contributed by atoms with E-state index in [-0.39, 0.29) is 0 Å². The first-order valence-corrected chi connectivity index (χ1v) is 6.52. The molecule has 1 saturated carbocycles. The van der Waals surface area contributed by atoms with E-state index in [4.69, 9.17) is 5.73 Å². The van der Waals surface area contributed by atoms with Gasteiger partial charge in [-0.15, -0.1) is 0 Å². The molecule has 16 heavy (non-hydrogen) atoms. The van der Waals surface area contributed by atoms with Gasteiger partial charge in [-0.05, 0) is 31.7 Å². The summed E-state index contributed by atoms with van der Waals surface area (Å²) in [6, 6.07) is 0.661. The fourth-order valence-corrected chi connectivity index (χ4v) is 2.75. The van der Waals surface area contributed by atoms with E-state index in [0.717, 1.165) is 18.9 Å². The molecular weight excluding hydrogens is 198 g/mol. The van der Waals surface area contributed by atoms with Crippen molar-refractivity contribution >= 4 is 0 Å². The average Bonchev–Trinajstić information content (AvgIpc) is 2.61. The van der Waals surface area contributed by atoms with Crippen LogP contribution in [0.4, 0.5) is 0 Å². The summed E-state index contributed by atoms with van der Waals surface area (Å²) >= 11 is 0. The van der Waals surface area contributed by atoms with Crippen LogP contribution in [0.3, 0.4) is 0 Å². The minimum atomic E-state index is 0.661. The molecule has 2 unspecified atom stereocenters. The van der Waals surface area contributed by atoms with E-state index in [1.807, 2.05) is 12.5 Å². The molecule has 2 N–H and O–H groups in total. The maximum atomic E-state index is 5.63. The molecule has 3 heteroatoms. The van der Waals surface area contributed by atoms with Crippen molar-refractivity contribution < 1.29 is 0 Å². The summed E-state index contributed by atoms with van der Waals surface area (Å²) in [6.45, 7) is 3.09. The summed E-state index contributed by atoms with van der Waals surface area (Å²) in [5.74, 6) is 0.895. The third-order valence-electron chi connectivity index (χ3n) is 3.77. The lowest BCUT2D eigenvalue weighted by molar-refractivity contribution is 0.422. The minimum absolute atomic E-state index is 0.661. The lowest BCUT2D eigenvalue weighted by Crippen LogP contribution is -2.13. The van der Waals surface area contributed by atoms with E-state index in [1.54, 1.807) is 0 Å². The molecule has 0 spiro atoms. The van der Waals surface area contributed by atoms with Gasteiger partial charge in [0.15, 0.2) is 0 Å². The fraction of sp³-hybridized carbons (Fsp3) is 0.769. The van der Waals surface area contributed by atoms with Crippen molar-refractivity contribution in [1.82, 2.24) is 9.55 Å². The summed E-state index contributed by atoms with van der Waals surface area (Å²) < 4.78 is 2.37. The zero-order valence-corrected chi connectivity index (χ0v) is 10.2. The Morgan fingerprint density at radius 3 is 3.06 bits per heavy atom. The van der Waals surface area contributed by atoms with Crippen LogP contribution in [0, 0.1) is 5.92 Å². The number of nitrogens with zero attached hydrogens (tertiary/aromatic N) is 2. The predicted molar refractivity (Wildman–Crippen MR) is 66.3 cm³/mol. The number of hydrogen-bond donors (Lipinski definition) is 1. The molecule has 1 aromatic rings. The van der Waals surface area contributed by atoms with Crippen molar-refractivity contribution in [3.05, 3.63) is 18.2 Å². The highest BCUT2D eigenvalue weighted by molar-refractivity contribution is 5.01. The Labute approximate surface area is 98.1 Å². The normalized spacial score (nSPS) is 26.6. The van der Waals surface area contributed by atoms with E-state index in [1.165, 1.54) is 37.8 Å². The van der Waals surface area contributed by atoms with Crippen molar-refractivity contribution in [1.29, 1.82) is 0 Å². The minimum Gasteiger partial charge on any atom is -0.332 e. The first-order chi connectivity index (χ1) is 7.81. The standard InChI is InChI=1S/C13H23N3/c1-11-3-2-4-12(6-5-11)16-10-15-9-13(16)7-8-14/h9-12H,2-8,14H2,1H3. The van der Waals surface area contributed by atoms with Crippen molar-refractivity contribution in [3.63, 3.8) is 0 Å². The van der Waals surface area contributed by atoms with Crippen molar-refractivity contribution in [2.45, 2.75) is 51.5 Å². The Morgan fingerprint density at radius 2 is 2.25 bits per heavy atom. The van der Waals surface area contributed by atoms with Gasteiger partial charge >= 0.3 is 0 Å². The van der Waals surface area contributed by atoms with E-state index < -0.39 is 0 Å². The van der Waals surface area contributed by atoms with Crippen LogP contribution >= 0.6 is 0 Å². The van der Waals surface area contributed by atoms with Gasteiger partial charge in [-0.2, -0.15) is 0 Å². The first kappa shape index (κ1) is 11.6. The molecule has 1 aliphatic carbocycles. The van der Waals surface area contributed by atoms with Gasteiger partial charge in [-0.3, -0.25) is 0 Å². The molecule has 0 saturated heterocycles. The smallest absolute Gasteiger partial charge is 0.0950 e. The molecule has 0 radical (unpaired) electrons. The van der Waals surface area contributed by atoms with E-state index in [0.29, 0.717) is 6.04 Å². The second-order valence-corrected chi connectivity index (χ2v) is 5.10. The SMILES string of the molecule is CC1CCCC(n2cncc2CCN)CC1. The van der Waals surface area contributed by atoms with Crippen LogP contribution in [0.5, 0.6) is 0 Å². The van der Waals surface area contributed by atoms with E-state index >= 15 is 0 Å². The van der Waals surface area contributed by atoms with Gasteiger partial charge in [-0.25, -0.2) is 4.98 Å². The summed E-state index contributed by atoms with van der Waals surface area (Å²) in [6.07, 6.45) is 11.6. The second-order valence-electron chi connectivity index (χ2n) is 5.10. The molecule has 2 atom stereocenters. The highest BCUT2D eigenvalue weighted by atomic mass is 15.1. The quantitative estimate of drug-likeness (QED) is 0.797. The Bertz CT molecular complexity index is 319. The topological polar surface area (TPSA) is 43.8 Å². The number of nitrogens with two attached hydrogens (primary N) is 1. The molecular formula is C13H23N3. The van der Waals surface area contributed by atoms with Gasteiger partial charge in [0, 0.05) is 24.4 Å². The highest BCUT2D eigenvalue weighted by Crippen LogP contribution is 2.30. The molecule has 90 valence electrons. The molecule has 0 aliphatic heterocycles. The molecule has 3 nitrogen and oxygen atoms in total. The van der Waals surface area contributed by atoms with Gasteiger partial charge in [0.05, 0.1) is 6.33 Å². The number of aromatic nitrogens is 2. The van der Waals surface area contributed by atoms with Gasteiger partial charge in [0.25, 0.3) is 0 Å². The number of hydrogen-bond acceptors (Lipinski definition) is 2. The Kier molecular flexibility index (Phi) is 3.99. The van der Waals surface area contributed by atoms with Crippen molar-refractivity contribution in [2.75, 3.05) is 6.54 Å². The zero-order chi connectivity index (χ0) is 11.4. The highest BCUT2D eigenvalue weighted by Gasteiger charge is 2.18. The van der Waals surface area contributed by atoms with Gasteiger partial charge in [0.2, 0.25) is 0 Å². The van der Waals surface area contributed by atoms with Crippen LogP contribution in [0.1, 0.15) is 50.8 Å². The number of imidazole rings is 1. The molecule has 2 rings (SSSR count).